The molecule has 1 unspecified atom stereocenters. The molecule has 0 aromatic carbocycles. The van der Waals surface area contributed by atoms with Gasteiger partial charge in [0.2, 0.25) is 0 Å². The molecule has 1 atom stereocenters. The number of esters is 3. The molecule has 0 spiro atoms. The lowest BCUT2D eigenvalue weighted by molar-refractivity contribution is -0.166. The van der Waals surface area contributed by atoms with E-state index in [-0.39, 0.29) is 38.0 Å². The molecule has 0 amide bonds. The van der Waals surface area contributed by atoms with Gasteiger partial charge in [0, 0.05) is 12.8 Å². The molecule has 0 aliphatic heterocycles. The predicted octanol–water partition coefficient (Wildman–Crippen LogP) is 12.6. The Morgan fingerprint density at radius 2 is 0.920 bits per heavy atom. The summed E-state index contributed by atoms with van der Waals surface area (Å²) < 4.78 is 16.5. The van der Waals surface area contributed by atoms with Crippen molar-refractivity contribution in [1.29, 1.82) is 0 Å². The molecule has 0 aromatic rings. The lowest BCUT2D eigenvalue weighted by atomic mass is 10.0. The van der Waals surface area contributed by atoms with Gasteiger partial charge in [0.05, 0.1) is 6.42 Å². The Hall–Kier alpha value is -2.89. The van der Waals surface area contributed by atoms with Crippen molar-refractivity contribution < 1.29 is 28.6 Å². The number of unbranched alkanes of at least 4 members (excludes halogenated alkanes) is 16. The highest BCUT2D eigenvalue weighted by Crippen LogP contribution is 2.13. The first kappa shape index (κ1) is 47.1. The van der Waals surface area contributed by atoms with Crippen LogP contribution in [0.4, 0.5) is 0 Å². The molecular weight excluding hydrogens is 624 g/mol. The average molecular weight is 699 g/mol. The van der Waals surface area contributed by atoms with Crippen LogP contribution in [0.15, 0.2) is 60.8 Å². The molecule has 6 nitrogen and oxygen atoms in total. The molecule has 0 heterocycles. The third-order valence-electron chi connectivity index (χ3n) is 8.32. The minimum absolute atomic E-state index is 0.111. The summed E-state index contributed by atoms with van der Waals surface area (Å²) >= 11 is 0. The second-order valence-corrected chi connectivity index (χ2v) is 13.2. The lowest BCUT2D eigenvalue weighted by Gasteiger charge is -2.18. The fraction of sp³-hybridized carbons (Fsp3) is 0.705. The number of hydrogen-bond donors (Lipinski definition) is 0. The summed E-state index contributed by atoms with van der Waals surface area (Å²) in [6, 6.07) is 0. The standard InChI is InChI=1S/C44H74O6/c1-4-7-10-13-16-19-21-23-25-28-31-34-37-43(46)49-40-41(39-48-42(45)36-33-30-27-24-18-15-12-9-6-3)50-44(47)38-35-32-29-26-22-20-17-14-11-8-5-2/h9,12,14,17-18,20,22,24,30,33,41H,4-8,10-11,13,15-16,19,21,23,25-29,31-32,34-40H2,1-3H3/b12-9-,17-14-,22-20-,24-18-,33-30-. The number of hydrogen-bond acceptors (Lipinski definition) is 6. The van der Waals surface area contributed by atoms with Gasteiger partial charge in [-0.2, -0.15) is 0 Å². The van der Waals surface area contributed by atoms with E-state index in [1.807, 2.05) is 6.08 Å². The summed E-state index contributed by atoms with van der Waals surface area (Å²) in [6.45, 7) is 6.31. The maximum atomic E-state index is 12.6. The van der Waals surface area contributed by atoms with Crippen molar-refractivity contribution in [1.82, 2.24) is 0 Å². The Kier molecular flexibility index (Phi) is 36.7. The Morgan fingerprint density at radius 1 is 0.460 bits per heavy atom. The lowest BCUT2D eigenvalue weighted by Crippen LogP contribution is -2.30. The van der Waals surface area contributed by atoms with Crippen molar-refractivity contribution >= 4 is 17.9 Å². The van der Waals surface area contributed by atoms with E-state index in [0.717, 1.165) is 70.6 Å². The monoisotopic (exact) mass is 699 g/mol. The van der Waals surface area contributed by atoms with Crippen molar-refractivity contribution in [2.24, 2.45) is 0 Å². The van der Waals surface area contributed by atoms with Gasteiger partial charge < -0.3 is 14.2 Å². The Labute approximate surface area is 307 Å². The fourth-order valence-corrected chi connectivity index (χ4v) is 5.24. The van der Waals surface area contributed by atoms with Gasteiger partial charge in [0.25, 0.3) is 0 Å². The summed E-state index contributed by atoms with van der Waals surface area (Å²) in [6.07, 6.45) is 45.2. The van der Waals surface area contributed by atoms with E-state index in [1.54, 1.807) is 6.08 Å². The molecule has 0 saturated heterocycles. The third-order valence-corrected chi connectivity index (χ3v) is 8.32. The summed E-state index contributed by atoms with van der Waals surface area (Å²) in [7, 11) is 0. The molecule has 0 fully saturated rings. The summed E-state index contributed by atoms with van der Waals surface area (Å²) in [5, 5.41) is 0. The Bertz CT molecular complexity index is 944. The summed E-state index contributed by atoms with van der Waals surface area (Å²) in [4.78, 5) is 37.4. The Morgan fingerprint density at radius 3 is 1.50 bits per heavy atom. The number of ether oxygens (including phenoxy) is 3. The number of carbonyl (C=O) groups is 3. The van der Waals surface area contributed by atoms with Crippen molar-refractivity contribution in [3.8, 4) is 0 Å². The fourth-order valence-electron chi connectivity index (χ4n) is 5.24. The summed E-state index contributed by atoms with van der Waals surface area (Å²) in [5.41, 5.74) is 0. The van der Waals surface area contributed by atoms with Gasteiger partial charge in [-0.1, -0.05) is 171 Å². The first-order valence-corrected chi connectivity index (χ1v) is 20.3. The summed E-state index contributed by atoms with van der Waals surface area (Å²) in [5.74, 6) is -1.08. The quantitative estimate of drug-likeness (QED) is 0.0215. The second-order valence-electron chi connectivity index (χ2n) is 13.2. The molecule has 0 saturated carbocycles. The van der Waals surface area contributed by atoms with E-state index in [9.17, 15) is 14.4 Å². The molecule has 0 rings (SSSR count). The highest BCUT2D eigenvalue weighted by Gasteiger charge is 2.19. The maximum Gasteiger partial charge on any atom is 0.309 e. The largest absolute Gasteiger partial charge is 0.462 e. The van der Waals surface area contributed by atoms with Crippen molar-refractivity contribution in [2.45, 2.75) is 187 Å². The van der Waals surface area contributed by atoms with Crippen LogP contribution in [0.5, 0.6) is 0 Å². The highest BCUT2D eigenvalue weighted by atomic mass is 16.6. The van der Waals surface area contributed by atoms with Crippen LogP contribution in [0.1, 0.15) is 181 Å². The van der Waals surface area contributed by atoms with E-state index in [4.69, 9.17) is 14.2 Å². The van der Waals surface area contributed by atoms with Crippen LogP contribution in [0.25, 0.3) is 0 Å². The second kappa shape index (κ2) is 38.9. The van der Waals surface area contributed by atoms with E-state index in [1.165, 1.54) is 70.6 Å². The SMILES string of the molecule is CC/C=C\C/C=C\C/C=C\CC(=O)OCC(COC(=O)CCCCCCCCCCCCCC)OC(=O)CCCCC/C=C\C=C/CCCC. The van der Waals surface area contributed by atoms with Crippen LogP contribution in [-0.4, -0.2) is 37.2 Å². The highest BCUT2D eigenvalue weighted by molar-refractivity contribution is 5.72. The smallest absolute Gasteiger partial charge is 0.309 e. The molecule has 0 aliphatic rings. The topological polar surface area (TPSA) is 78.9 Å². The Balaban J connectivity index is 4.49. The van der Waals surface area contributed by atoms with Crippen LogP contribution in [0.2, 0.25) is 0 Å². The van der Waals surface area contributed by atoms with Gasteiger partial charge in [0.15, 0.2) is 6.10 Å². The molecule has 286 valence electrons. The van der Waals surface area contributed by atoms with Gasteiger partial charge in [-0.3, -0.25) is 14.4 Å². The van der Waals surface area contributed by atoms with Gasteiger partial charge in [-0.25, -0.2) is 0 Å². The molecule has 6 heteroatoms. The van der Waals surface area contributed by atoms with Crippen LogP contribution in [0, 0.1) is 0 Å². The van der Waals surface area contributed by atoms with Crippen LogP contribution in [0.3, 0.4) is 0 Å². The molecule has 0 radical (unpaired) electrons. The van der Waals surface area contributed by atoms with Gasteiger partial charge >= 0.3 is 17.9 Å². The number of carbonyl (C=O) groups excluding carboxylic acids is 3. The molecule has 0 aromatic heterocycles. The molecular formula is C44H74O6. The van der Waals surface area contributed by atoms with E-state index in [0.29, 0.717) is 6.42 Å². The van der Waals surface area contributed by atoms with Gasteiger partial charge in [-0.05, 0) is 51.4 Å². The minimum atomic E-state index is -0.817. The first-order chi connectivity index (χ1) is 24.5. The minimum Gasteiger partial charge on any atom is -0.462 e. The van der Waals surface area contributed by atoms with E-state index < -0.39 is 12.1 Å². The zero-order valence-corrected chi connectivity index (χ0v) is 32.4. The van der Waals surface area contributed by atoms with E-state index >= 15 is 0 Å². The van der Waals surface area contributed by atoms with Crippen LogP contribution in [-0.2, 0) is 28.6 Å². The molecule has 0 aliphatic carbocycles. The number of allylic oxidation sites excluding steroid dienone is 9. The van der Waals surface area contributed by atoms with Crippen molar-refractivity contribution in [3.05, 3.63) is 60.8 Å². The average Bonchev–Trinajstić information content (AvgIpc) is 3.11. The molecule has 0 N–H and O–H groups in total. The van der Waals surface area contributed by atoms with Crippen molar-refractivity contribution in [3.63, 3.8) is 0 Å². The maximum absolute atomic E-state index is 12.6. The van der Waals surface area contributed by atoms with Crippen LogP contribution >= 0.6 is 0 Å². The third kappa shape index (κ3) is 36.4. The molecule has 0 bridgehead atoms. The zero-order chi connectivity index (χ0) is 36.6. The van der Waals surface area contributed by atoms with Gasteiger partial charge in [0.1, 0.15) is 13.2 Å². The predicted molar refractivity (Wildman–Crippen MR) is 210 cm³/mol. The zero-order valence-electron chi connectivity index (χ0n) is 32.4. The van der Waals surface area contributed by atoms with Crippen molar-refractivity contribution in [2.75, 3.05) is 13.2 Å². The first-order valence-electron chi connectivity index (χ1n) is 20.3. The number of rotatable bonds is 35. The normalized spacial score (nSPS) is 12.6. The molecule has 50 heavy (non-hydrogen) atoms. The van der Waals surface area contributed by atoms with Crippen LogP contribution < -0.4 is 0 Å². The van der Waals surface area contributed by atoms with E-state index in [2.05, 4.69) is 69.4 Å². The van der Waals surface area contributed by atoms with Gasteiger partial charge in [-0.15, -0.1) is 0 Å².